The van der Waals surface area contributed by atoms with Gasteiger partial charge in [-0.3, -0.25) is 4.79 Å². The number of ether oxygens (including phenoxy) is 1. The molecule has 1 saturated heterocycles. The number of nitrogens with one attached hydrogen (secondary N) is 2. The third kappa shape index (κ3) is 6.72. The van der Waals surface area contributed by atoms with Crippen LogP contribution in [0.2, 0.25) is 10.0 Å². The van der Waals surface area contributed by atoms with E-state index in [0.717, 1.165) is 0 Å². The van der Waals surface area contributed by atoms with E-state index in [2.05, 4.69) is 16.7 Å². The van der Waals surface area contributed by atoms with E-state index in [4.69, 9.17) is 27.9 Å². The van der Waals surface area contributed by atoms with Crippen molar-refractivity contribution in [2.24, 2.45) is 5.41 Å². The fraction of sp³-hybridized carbons (Fsp3) is 0.412. The molecule has 0 saturated carbocycles. The smallest absolute Gasteiger partial charge is 0.313 e. The summed E-state index contributed by atoms with van der Waals surface area (Å²) in [5.41, 5.74) is -1.14. The van der Waals surface area contributed by atoms with E-state index in [-0.39, 0.29) is 39.9 Å². The molecule has 1 aliphatic heterocycles. The predicted molar refractivity (Wildman–Crippen MR) is 169 cm³/mol. The van der Waals surface area contributed by atoms with E-state index >= 15 is 8.78 Å². The number of hydrogen-bond donors (Lipinski definition) is 3. The Hall–Kier alpha value is -3.22. The second-order valence-corrected chi connectivity index (χ2v) is 13.9. The van der Waals surface area contributed by atoms with E-state index in [0.29, 0.717) is 17.7 Å². The van der Waals surface area contributed by atoms with Crippen LogP contribution in [0.5, 0.6) is 0 Å². The first-order chi connectivity index (χ1) is 20.6. The number of halogens is 4. The van der Waals surface area contributed by atoms with Gasteiger partial charge in [-0.25, -0.2) is 8.78 Å². The van der Waals surface area contributed by atoms with Gasteiger partial charge in [0, 0.05) is 34.3 Å². The van der Waals surface area contributed by atoms with Crippen LogP contribution in [0.25, 0.3) is 0 Å². The van der Waals surface area contributed by atoms with Gasteiger partial charge in [-0.1, -0.05) is 74.3 Å². The first kappa shape index (κ1) is 33.7. The van der Waals surface area contributed by atoms with Crippen molar-refractivity contribution in [3.63, 3.8) is 0 Å². The van der Waals surface area contributed by atoms with Gasteiger partial charge in [-0.2, -0.15) is 5.26 Å². The van der Waals surface area contributed by atoms with Crippen molar-refractivity contribution in [1.29, 1.82) is 5.26 Å². The maximum atomic E-state index is 15.8. The number of carboxylic acids is 1. The van der Waals surface area contributed by atoms with Crippen LogP contribution in [0, 0.1) is 28.4 Å². The highest BCUT2D eigenvalue weighted by atomic mass is 35.5. The summed E-state index contributed by atoms with van der Waals surface area (Å²) >= 11 is 12.3. The molecule has 1 aliphatic rings. The van der Waals surface area contributed by atoms with Gasteiger partial charge < -0.3 is 20.5 Å². The Bertz CT molecular complexity index is 1550. The average molecular weight is 645 g/mol. The van der Waals surface area contributed by atoms with Crippen molar-refractivity contribution in [2.45, 2.75) is 69.9 Å². The minimum absolute atomic E-state index is 0.0625. The molecule has 4 atom stereocenters. The molecule has 4 rings (SSSR count). The highest BCUT2D eigenvalue weighted by Gasteiger charge is 2.59. The molecule has 4 unspecified atom stereocenters. The monoisotopic (exact) mass is 643 g/mol. The second kappa shape index (κ2) is 13.0. The molecule has 0 radical (unpaired) electrons. The third-order valence-electron chi connectivity index (χ3n) is 8.37. The molecule has 1 fully saturated rings. The van der Waals surface area contributed by atoms with Crippen LogP contribution < -0.4 is 10.6 Å². The van der Waals surface area contributed by atoms with E-state index in [1.165, 1.54) is 24.3 Å². The van der Waals surface area contributed by atoms with Crippen molar-refractivity contribution in [1.82, 2.24) is 5.32 Å². The number of anilines is 1. The van der Waals surface area contributed by atoms with E-state index in [1.54, 1.807) is 50.2 Å². The number of rotatable bonds is 10. The van der Waals surface area contributed by atoms with Crippen LogP contribution in [0.15, 0.2) is 60.7 Å². The Morgan fingerprint density at radius 2 is 1.77 bits per heavy atom. The normalized spacial score (nSPS) is 22.0. The van der Waals surface area contributed by atoms with Crippen molar-refractivity contribution in [2.75, 3.05) is 18.7 Å². The summed E-state index contributed by atoms with van der Waals surface area (Å²) in [5, 5.41) is 27.2. The lowest BCUT2D eigenvalue weighted by Crippen LogP contribution is -2.44. The molecule has 234 valence electrons. The van der Waals surface area contributed by atoms with Crippen molar-refractivity contribution in [3.8, 4) is 6.07 Å². The van der Waals surface area contributed by atoms with Crippen molar-refractivity contribution >= 4 is 34.9 Å². The van der Waals surface area contributed by atoms with Gasteiger partial charge in [0.2, 0.25) is 0 Å². The fourth-order valence-electron chi connectivity index (χ4n) is 6.06. The summed E-state index contributed by atoms with van der Waals surface area (Å²) in [4.78, 5) is 11.6. The summed E-state index contributed by atoms with van der Waals surface area (Å²) in [6.07, 6.45) is 0.481. The maximum Gasteiger partial charge on any atom is 0.313 e. The van der Waals surface area contributed by atoms with Gasteiger partial charge in [-0.15, -0.1) is 0 Å². The molecular formula is C34H37Cl2F2N3O3. The molecule has 0 amide bonds. The first-order valence-electron chi connectivity index (χ1n) is 14.3. The van der Waals surface area contributed by atoms with Gasteiger partial charge in [0.25, 0.3) is 0 Å². The lowest BCUT2D eigenvalue weighted by Gasteiger charge is -2.37. The van der Waals surface area contributed by atoms with Gasteiger partial charge in [0.1, 0.15) is 23.8 Å². The molecule has 3 aromatic rings. The SMILES string of the molecule is CC(C)(C)CC1NC(COCNc2ccc(C(C)(C)C(=O)O)cc2)C(c2cccc(Cl)c2F)C1(C#N)c1ccc(Cl)cc1F. The molecule has 0 spiro atoms. The van der Waals surface area contributed by atoms with Crippen LogP contribution in [0.3, 0.4) is 0 Å². The lowest BCUT2D eigenvalue weighted by molar-refractivity contribution is -0.142. The van der Waals surface area contributed by atoms with Crippen LogP contribution in [-0.4, -0.2) is 36.5 Å². The quantitative estimate of drug-likeness (QED) is 0.153. The number of nitrogens with zero attached hydrogens (tertiary/aromatic N) is 1. The summed E-state index contributed by atoms with van der Waals surface area (Å²) in [7, 11) is 0. The standard InChI is InChI=1S/C34H37Cl2F2N3O3/c1-32(2,3)16-28-34(18-39,24-14-11-21(35)15-26(24)37)29(23-7-6-8-25(36)30(23)38)27(41-28)17-44-19-40-22-12-9-20(10-13-22)33(4,5)31(42)43/h6-15,27-29,40-41H,16-17,19H2,1-5H3,(H,42,43). The number of carbonyl (C=O) groups is 1. The van der Waals surface area contributed by atoms with Crippen LogP contribution in [0.1, 0.15) is 63.6 Å². The summed E-state index contributed by atoms with van der Waals surface area (Å²) in [5.74, 6) is -3.11. The van der Waals surface area contributed by atoms with Crippen LogP contribution in [-0.2, 0) is 20.4 Å². The zero-order valence-corrected chi connectivity index (χ0v) is 26.9. The molecular weight excluding hydrogens is 607 g/mol. The molecule has 3 aromatic carbocycles. The highest BCUT2D eigenvalue weighted by Crippen LogP contribution is 2.52. The number of benzene rings is 3. The second-order valence-electron chi connectivity index (χ2n) is 13.0. The lowest BCUT2D eigenvalue weighted by atomic mass is 9.63. The number of hydrogen-bond acceptors (Lipinski definition) is 5. The zero-order chi connectivity index (χ0) is 32.4. The maximum absolute atomic E-state index is 15.8. The molecule has 0 aromatic heterocycles. The zero-order valence-electron chi connectivity index (χ0n) is 25.3. The number of carboxylic acid groups (broad SMARTS) is 1. The number of nitriles is 1. The molecule has 0 bridgehead atoms. The largest absolute Gasteiger partial charge is 0.481 e. The number of aliphatic carboxylic acids is 1. The Morgan fingerprint density at radius 1 is 1.09 bits per heavy atom. The average Bonchev–Trinajstić information content (AvgIpc) is 3.24. The Balaban J connectivity index is 1.67. The van der Waals surface area contributed by atoms with Crippen LogP contribution >= 0.6 is 23.2 Å². The minimum atomic E-state index is -1.53. The van der Waals surface area contributed by atoms with Gasteiger partial charge >= 0.3 is 5.97 Å². The van der Waals surface area contributed by atoms with Crippen LogP contribution in [0.4, 0.5) is 14.5 Å². The fourth-order valence-corrected chi connectivity index (χ4v) is 6.40. The van der Waals surface area contributed by atoms with Gasteiger partial charge in [0.15, 0.2) is 0 Å². The van der Waals surface area contributed by atoms with E-state index in [9.17, 15) is 15.2 Å². The molecule has 1 heterocycles. The minimum Gasteiger partial charge on any atom is -0.481 e. The summed E-state index contributed by atoms with van der Waals surface area (Å²) in [6, 6.07) is 17.1. The molecule has 3 N–H and O–H groups in total. The topological polar surface area (TPSA) is 94.4 Å². The summed E-state index contributed by atoms with van der Waals surface area (Å²) < 4.78 is 37.5. The molecule has 6 nitrogen and oxygen atoms in total. The highest BCUT2D eigenvalue weighted by molar-refractivity contribution is 6.31. The van der Waals surface area contributed by atoms with Gasteiger partial charge in [-0.05, 0) is 67.1 Å². The predicted octanol–water partition coefficient (Wildman–Crippen LogP) is 8.04. The summed E-state index contributed by atoms with van der Waals surface area (Å²) in [6.45, 7) is 9.50. The molecule has 10 heteroatoms. The van der Waals surface area contributed by atoms with Crippen molar-refractivity contribution < 1.29 is 23.4 Å². The van der Waals surface area contributed by atoms with E-state index in [1.807, 2.05) is 20.8 Å². The van der Waals surface area contributed by atoms with E-state index < -0.39 is 46.4 Å². The van der Waals surface area contributed by atoms with Gasteiger partial charge in [0.05, 0.1) is 23.1 Å². The Labute approximate surface area is 267 Å². The van der Waals surface area contributed by atoms with Crippen molar-refractivity contribution in [3.05, 3.63) is 99.0 Å². The first-order valence-corrected chi connectivity index (χ1v) is 15.1. The Morgan fingerprint density at radius 3 is 2.36 bits per heavy atom. The third-order valence-corrected chi connectivity index (χ3v) is 8.90. The molecule has 0 aliphatic carbocycles. The Kier molecular flexibility index (Phi) is 9.96. The molecule has 44 heavy (non-hydrogen) atoms.